The lowest BCUT2D eigenvalue weighted by Crippen LogP contribution is -1.97. The number of hydrogen-bond donors (Lipinski definition) is 0. The lowest BCUT2D eigenvalue weighted by Gasteiger charge is -2.06. The molecule has 0 atom stereocenters. The van der Waals surface area contributed by atoms with Gasteiger partial charge in [-0.25, -0.2) is 0 Å². The Bertz CT molecular complexity index is 748. The SMILES string of the molecule is CSCc1nnc(SCc2ccc(OCc3ccccn3)cc2)o1. The second-order valence-electron chi connectivity index (χ2n) is 4.94. The molecule has 0 fully saturated rings. The van der Waals surface area contributed by atoms with Crippen molar-refractivity contribution in [3.8, 4) is 5.75 Å². The van der Waals surface area contributed by atoms with Crippen LogP contribution in [0.15, 0.2) is 58.3 Å². The van der Waals surface area contributed by atoms with Gasteiger partial charge in [-0.1, -0.05) is 30.0 Å². The van der Waals surface area contributed by atoms with Crippen LogP contribution in [0.5, 0.6) is 5.75 Å². The molecule has 0 radical (unpaired) electrons. The average molecular weight is 359 g/mol. The fourth-order valence-corrected chi connectivity index (χ4v) is 3.05. The molecule has 3 aromatic rings. The summed E-state index contributed by atoms with van der Waals surface area (Å²) in [4.78, 5) is 4.24. The molecule has 0 unspecified atom stereocenters. The molecule has 7 heteroatoms. The van der Waals surface area contributed by atoms with Crippen LogP contribution < -0.4 is 4.74 Å². The van der Waals surface area contributed by atoms with Crippen molar-refractivity contribution < 1.29 is 9.15 Å². The van der Waals surface area contributed by atoms with Crippen LogP contribution in [0.3, 0.4) is 0 Å². The van der Waals surface area contributed by atoms with Crippen molar-refractivity contribution in [3.05, 3.63) is 65.8 Å². The van der Waals surface area contributed by atoms with Gasteiger partial charge in [-0.3, -0.25) is 4.98 Å². The number of ether oxygens (including phenoxy) is 1. The maximum absolute atomic E-state index is 5.73. The van der Waals surface area contributed by atoms with Gasteiger partial charge in [0.2, 0.25) is 5.89 Å². The maximum atomic E-state index is 5.73. The average Bonchev–Trinajstić information content (AvgIpc) is 3.08. The van der Waals surface area contributed by atoms with Crippen molar-refractivity contribution in [1.82, 2.24) is 15.2 Å². The Morgan fingerprint density at radius 1 is 1.04 bits per heavy atom. The second kappa shape index (κ2) is 8.75. The van der Waals surface area contributed by atoms with Gasteiger partial charge < -0.3 is 9.15 Å². The van der Waals surface area contributed by atoms with E-state index in [2.05, 4.69) is 15.2 Å². The molecule has 2 heterocycles. The number of thioether (sulfide) groups is 2. The molecule has 0 bridgehead atoms. The van der Waals surface area contributed by atoms with Gasteiger partial charge in [0, 0.05) is 11.9 Å². The summed E-state index contributed by atoms with van der Waals surface area (Å²) in [7, 11) is 0. The maximum Gasteiger partial charge on any atom is 0.276 e. The van der Waals surface area contributed by atoms with Gasteiger partial charge in [-0.15, -0.1) is 10.2 Å². The van der Waals surface area contributed by atoms with Crippen molar-refractivity contribution in [3.63, 3.8) is 0 Å². The molecule has 5 nitrogen and oxygen atoms in total. The van der Waals surface area contributed by atoms with Crippen LogP contribution in [-0.4, -0.2) is 21.4 Å². The molecule has 124 valence electrons. The summed E-state index contributed by atoms with van der Waals surface area (Å²) in [6.07, 6.45) is 3.77. The number of benzene rings is 1. The number of pyridine rings is 1. The van der Waals surface area contributed by atoms with E-state index in [4.69, 9.17) is 9.15 Å². The quantitative estimate of drug-likeness (QED) is 0.559. The Balaban J connectivity index is 1.48. The van der Waals surface area contributed by atoms with Crippen molar-refractivity contribution in [2.24, 2.45) is 0 Å². The first-order valence-corrected chi connectivity index (χ1v) is 9.77. The first kappa shape index (κ1) is 16.9. The zero-order valence-corrected chi connectivity index (χ0v) is 14.8. The van der Waals surface area contributed by atoms with E-state index < -0.39 is 0 Å². The molecule has 0 saturated heterocycles. The summed E-state index contributed by atoms with van der Waals surface area (Å²) in [6, 6.07) is 13.8. The standard InChI is InChI=1S/C17H17N3O2S2/c1-23-12-16-19-20-17(22-16)24-11-13-5-7-15(8-6-13)21-10-14-4-2-3-9-18-14/h2-9H,10-12H2,1H3. The van der Waals surface area contributed by atoms with E-state index >= 15 is 0 Å². The highest BCUT2D eigenvalue weighted by Crippen LogP contribution is 2.23. The summed E-state index contributed by atoms with van der Waals surface area (Å²) in [6.45, 7) is 0.467. The molecule has 0 spiro atoms. The van der Waals surface area contributed by atoms with E-state index in [-0.39, 0.29) is 0 Å². The van der Waals surface area contributed by atoms with Crippen LogP contribution in [0.25, 0.3) is 0 Å². The predicted octanol–water partition coefficient (Wildman–Crippen LogP) is 4.20. The zero-order valence-electron chi connectivity index (χ0n) is 13.2. The third kappa shape index (κ3) is 5.01. The minimum Gasteiger partial charge on any atom is -0.487 e. The molecule has 2 aromatic heterocycles. The van der Waals surface area contributed by atoms with E-state index in [1.54, 1.807) is 18.0 Å². The molecular formula is C17H17N3O2S2. The van der Waals surface area contributed by atoms with E-state index in [9.17, 15) is 0 Å². The summed E-state index contributed by atoms with van der Waals surface area (Å²) < 4.78 is 11.3. The summed E-state index contributed by atoms with van der Waals surface area (Å²) in [5.41, 5.74) is 2.09. The highest BCUT2D eigenvalue weighted by molar-refractivity contribution is 7.98. The molecular weight excluding hydrogens is 342 g/mol. The molecule has 1 aromatic carbocycles. The first-order valence-electron chi connectivity index (χ1n) is 7.39. The van der Waals surface area contributed by atoms with Crippen molar-refractivity contribution >= 4 is 23.5 Å². The molecule has 0 amide bonds. The van der Waals surface area contributed by atoms with Crippen LogP contribution in [0, 0.1) is 0 Å². The normalized spacial score (nSPS) is 10.7. The van der Waals surface area contributed by atoms with E-state index in [1.807, 2.05) is 48.7 Å². The van der Waals surface area contributed by atoms with Gasteiger partial charge in [-0.2, -0.15) is 11.8 Å². The van der Waals surface area contributed by atoms with Crippen molar-refractivity contribution in [1.29, 1.82) is 0 Å². The fourth-order valence-electron chi connectivity index (χ4n) is 1.95. The van der Waals surface area contributed by atoms with E-state index in [0.29, 0.717) is 17.7 Å². The second-order valence-corrected chi connectivity index (χ2v) is 6.73. The lowest BCUT2D eigenvalue weighted by atomic mass is 10.2. The number of hydrogen-bond acceptors (Lipinski definition) is 7. The Labute approximate surface area is 149 Å². The third-order valence-corrected chi connectivity index (χ3v) is 4.54. The molecule has 3 rings (SSSR count). The monoisotopic (exact) mass is 359 g/mol. The minimum atomic E-state index is 0.467. The van der Waals surface area contributed by atoms with Crippen LogP contribution in [0.1, 0.15) is 17.1 Å². The molecule has 0 aliphatic heterocycles. The summed E-state index contributed by atoms with van der Waals surface area (Å²) >= 11 is 3.20. The summed E-state index contributed by atoms with van der Waals surface area (Å²) in [5.74, 6) is 3.02. The Kier molecular flexibility index (Phi) is 6.14. The molecule has 0 aliphatic carbocycles. The Morgan fingerprint density at radius 2 is 1.92 bits per heavy atom. The first-order chi connectivity index (χ1) is 11.8. The van der Waals surface area contributed by atoms with Gasteiger partial charge >= 0.3 is 0 Å². The van der Waals surface area contributed by atoms with Crippen LogP contribution >= 0.6 is 23.5 Å². The molecule has 0 saturated carbocycles. The highest BCUT2D eigenvalue weighted by atomic mass is 32.2. The van der Waals surface area contributed by atoms with E-state index in [1.165, 1.54) is 17.3 Å². The molecule has 0 N–H and O–H groups in total. The van der Waals surface area contributed by atoms with Gasteiger partial charge in [0.15, 0.2) is 0 Å². The van der Waals surface area contributed by atoms with Crippen LogP contribution in [0.2, 0.25) is 0 Å². The fraction of sp³-hybridized carbons (Fsp3) is 0.235. The molecule has 24 heavy (non-hydrogen) atoms. The largest absolute Gasteiger partial charge is 0.487 e. The smallest absolute Gasteiger partial charge is 0.276 e. The predicted molar refractivity (Wildman–Crippen MR) is 96.1 cm³/mol. The van der Waals surface area contributed by atoms with Crippen LogP contribution in [0.4, 0.5) is 0 Å². The van der Waals surface area contributed by atoms with Gasteiger partial charge in [0.05, 0.1) is 11.4 Å². The van der Waals surface area contributed by atoms with Crippen LogP contribution in [-0.2, 0) is 18.1 Å². The highest BCUT2D eigenvalue weighted by Gasteiger charge is 2.06. The zero-order chi connectivity index (χ0) is 16.6. The van der Waals surface area contributed by atoms with Crippen molar-refractivity contribution in [2.75, 3.05) is 6.26 Å². The Morgan fingerprint density at radius 3 is 2.67 bits per heavy atom. The Hall–Kier alpha value is -1.99. The number of rotatable bonds is 8. The minimum absolute atomic E-state index is 0.467. The lowest BCUT2D eigenvalue weighted by molar-refractivity contribution is 0.301. The van der Waals surface area contributed by atoms with Gasteiger partial charge in [-0.05, 0) is 36.1 Å². The molecule has 0 aliphatic rings. The van der Waals surface area contributed by atoms with Crippen molar-refractivity contribution in [2.45, 2.75) is 23.3 Å². The number of aromatic nitrogens is 3. The summed E-state index contributed by atoms with van der Waals surface area (Å²) in [5, 5.41) is 8.64. The topological polar surface area (TPSA) is 61.0 Å². The third-order valence-electron chi connectivity index (χ3n) is 3.11. The van der Waals surface area contributed by atoms with Gasteiger partial charge in [0.1, 0.15) is 12.4 Å². The van der Waals surface area contributed by atoms with Gasteiger partial charge in [0.25, 0.3) is 5.22 Å². The number of nitrogens with zero attached hydrogens (tertiary/aromatic N) is 3. The van der Waals surface area contributed by atoms with E-state index in [0.717, 1.165) is 22.9 Å².